The van der Waals surface area contributed by atoms with Crippen molar-refractivity contribution in [2.24, 2.45) is 0 Å². The molecule has 2 aliphatic rings. The minimum absolute atomic E-state index is 0.0992. The molecule has 0 radical (unpaired) electrons. The summed E-state index contributed by atoms with van der Waals surface area (Å²) >= 11 is 0. The first-order valence-corrected chi connectivity index (χ1v) is 10.4. The first-order chi connectivity index (χ1) is 14.0. The van der Waals surface area contributed by atoms with Crippen molar-refractivity contribution in [1.82, 2.24) is 24.9 Å². The number of hydrogen-bond acceptors (Lipinski definition) is 6. The Bertz CT molecular complexity index is 1070. The van der Waals surface area contributed by atoms with Gasteiger partial charge in [-0.05, 0) is 70.2 Å². The third kappa shape index (κ3) is 3.16. The smallest absolute Gasteiger partial charge is 0.225 e. The van der Waals surface area contributed by atoms with Crippen LogP contribution in [0.2, 0.25) is 0 Å². The Morgan fingerprint density at radius 3 is 2.72 bits per heavy atom. The van der Waals surface area contributed by atoms with Crippen molar-refractivity contribution in [2.45, 2.75) is 51.9 Å². The molecule has 4 heterocycles. The summed E-state index contributed by atoms with van der Waals surface area (Å²) in [6, 6.07) is 6.12. The lowest BCUT2D eigenvalue weighted by Crippen LogP contribution is -2.46. The summed E-state index contributed by atoms with van der Waals surface area (Å²) in [5.74, 6) is 1.67. The normalized spacial score (nSPS) is 20.9. The molecule has 0 N–H and O–H groups in total. The first kappa shape index (κ1) is 18.2. The summed E-state index contributed by atoms with van der Waals surface area (Å²) in [6.45, 7) is 7.94. The van der Waals surface area contributed by atoms with Crippen molar-refractivity contribution < 1.29 is 0 Å². The average molecular weight is 387 g/mol. The molecule has 29 heavy (non-hydrogen) atoms. The fraction of sp³-hybridized carbons (Fsp3) is 0.435. The Morgan fingerprint density at radius 2 is 1.86 bits per heavy atom. The van der Waals surface area contributed by atoms with E-state index < -0.39 is 0 Å². The molecule has 1 atom stereocenters. The van der Waals surface area contributed by atoms with E-state index in [-0.39, 0.29) is 5.41 Å². The fourth-order valence-corrected chi connectivity index (χ4v) is 4.94. The lowest BCUT2D eigenvalue weighted by molar-refractivity contribution is 0.331. The minimum Gasteiger partial charge on any atom is -0.340 e. The number of hydrogen-bond donors (Lipinski definition) is 0. The van der Waals surface area contributed by atoms with Crippen molar-refractivity contribution in [1.29, 1.82) is 0 Å². The Morgan fingerprint density at radius 1 is 0.966 bits per heavy atom. The Kier molecular flexibility index (Phi) is 4.30. The Labute approximate surface area is 171 Å². The quantitative estimate of drug-likeness (QED) is 0.668. The number of piperidine rings is 1. The number of nitrogens with zero attached hydrogens (tertiary/aromatic N) is 6. The number of aryl methyl sites for hydroxylation is 4. The predicted octanol–water partition coefficient (Wildman–Crippen LogP) is 3.74. The number of fused-ring (bicyclic) bond motifs is 2. The molecule has 0 amide bonds. The molecule has 1 aliphatic heterocycles. The van der Waals surface area contributed by atoms with Crippen LogP contribution in [0.25, 0.3) is 11.3 Å². The highest BCUT2D eigenvalue weighted by Crippen LogP contribution is 2.44. The molecule has 1 saturated heterocycles. The van der Waals surface area contributed by atoms with Crippen LogP contribution in [0.3, 0.4) is 0 Å². The molecule has 6 heteroatoms. The standard InChI is InChI=1S/C23H26N6/c1-15-5-6-19(16(2)26-15)20-8-11-24-22(28-20)29-12-4-9-23(14-29)10-7-18-13-25-17(3)27-21(18)23/h5-6,8,11,13H,4,7,9-10,12,14H2,1-3H3. The summed E-state index contributed by atoms with van der Waals surface area (Å²) in [4.78, 5) is 25.8. The van der Waals surface area contributed by atoms with Crippen LogP contribution in [0.15, 0.2) is 30.6 Å². The van der Waals surface area contributed by atoms with Crippen LogP contribution in [-0.4, -0.2) is 38.0 Å². The van der Waals surface area contributed by atoms with Gasteiger partial charge in [-0.3, -0.25) is 4.98 Å². The molecule has 3 aromatic rings. The highest BCUT2D eigenvalue weighted by Gasteiger charge is 2.44. The van der Waals surface area contributed by atoms with E-state index in [0.717, 1.165) is 66.8 Å². The van der Waals surface area contributed by atoms with Gasteiger partial charge in [-0.2, -0.15) is 0 Å². The lowest BCUT2D eigenvalue weighted by Gasteiger charge is -2.40. The molecule has 0 aromatic carbocycles. The lowest BCUT2D eigenvalue weighted by atomic mass is 9.77. The maximum absolute atomic E-state index is 4.93. The summed E-state index contributed by atoms with van der Waals surface area (Å²) in [7, 11) is 0. The van der Waals surface area contributed by atoms with Gasteiger partial charge in [-0.25, -0.2) is 19.9 Å². The van der Waals surface area contributed by atoms with Crippen molar-refractivity contribution in [3.05, 3.63) is 59.1 Å². The Hall–Kier alpha value is -2.89. The second-order valence-corrected chi connectivity index (χ2v) is 8.42. The molecule has 1 aliphatic carbocycles. The summed E-state index contributed by atoms with van der Waals surface area (Å²) in [5.41, 5.74) is 6.70. The Balaban J connectivity index is 1.48. The van der Waals surface area contributed by atoms with E-state index >= 15 is 0 Å². The van der Waals surface area contributed by atoms with Gasteiger partial charge in [0.25, 0.3) is 0 Å². The molecular weight excluding hydrogens is 360 g/mol. The first-order valence-electron chi connectivity index (χ1n) is 10.4. The van der Waals surface area contributed by atoms with Crippen molar-refractivity contribution >= 4 is 5.95 Å². The predicted molar refractivity (Wildman–Crippen MR) is 113 cm³/mol. The van der Waals surface area contributed by atoms with Gasteiger partial charge in [0.1, 0.15) is 5.82 Å². The maximum atomic E-state index is 4.93. The summed E-state index contributed by atoms with van der Waals surface area (Å²) in [6.07, 6.45) is 8.40. The van der Waals surface area contributed by atoms with E-state index in [4.69, 9.17) is 9.97 Å². The zero-order valence-corrected chi connectivity index (χ0v) is 17.3. The van der Waals surface area contributed by atoms with Crippen LogP contribution < -0.4 is 4.90 Å². The van der Waals surface area contributed by atoms with Gasteiger partial charge >= 0.3 is 0 Å². The molecule has 1 fully saturated rings. The van der Waals surface area contributed by atoms with Crippen LogP contribution >= 0.6 is 0 Å². The van der Waals surface area contributed by atoms with Gasteiger partial charge < -0.3 is 4.90 Å². The van der Waals surface area contributed by atoms with E-state index in [1.54, 1.807) is 0 Å². The third-order valence-corrected chi connectivity index (χ3v) is 6.36. The molecule has 0 bridgehead atoms. The van der Waals surface area contributed by atoms with Crippen LogP contribution in [0.4, 0.5) is 5.95 Å². The van der Waals surface area contributed by atoms with Gasteiger partial charge in [0.05, 0.1) is 11.4 Å². The van der Waals surface area contributed by atoms with E-state index in [1.165, 1.54) is 17.7 Å². The highest BCUT2D eigenvalue weighted by molar-refractivity contribution is 5.62. The molecule has 6 nitrogen and oxygen atoms in total. The second kappa shape index (κ2) is 6.87. The molecule has 1 unspecified atom stereocenters. The summed E-state index contributed by atoms with van der Waals surface area (Å²) < 4.78 is 0. The van der Waals surface area contributed by atoms with Crippen LogP contribution in [0, 0.1) is 20.8 Å². The molecule has 3 aromatic heterocycles. The van der Waals surface area contributed by atoms with Crippen LogP contribution in [0.1, 0.15) is 47.7 Å². The second-order valence-electron chi connectivity index (χ2n) is 8.42. The zero-order valence-electron chi connectivity index (χ0n) is 17.3. The highest BCUT2D eigenvalue weighted by atomic mass is 15.3. The van der Waals surface area contributed by atoms with E-state index in [9.17, 15) is 0 Å². The van der Waals surface area contributed by atoms with E-state index in [1.807, 2.05) is 45.3 Å². The van der Waals surface area contributed by atoms with Gasteiger partial charge in [0, 0.05) is 47.8 Å². The molecule has 0 saturated carbocycles. The fourth-order valence-electron chi connectivity index (χ4n) is 4.94. The van der Waals surface area contributed by atoms with Gasteiger partial charge in [-0.15, -0.1) is 0 Å². The van der Waals surface area contributed by atoms with Crippen molar-refractivity contribution in [3.8, 4) is 11.3 Å². The third-order valence-electron chi connectivity index (χ3n) is 6.36. The van der Waals surface area contributed by atoms with Gasteiger partial charge in [-0.1, -0.05) is 0 Å². The van der Waals surface area contributed by atoms with Crippen molar-refractivity contribution in [2.75, 3.05) is 18.0 Å². The number of aromatic nitrogens is 5. The number of pyridine rings is 1. The topological polar surface area (TPSA) is 67.7 Å². The van der Waals surface area contributed by atoms with Gasteiger partial charge in [0.2, 0.25) is 5.95 Å². The molecule has 148 valence electrons. The maximum Gasteiger partial charge on any atom is 0.225 e. The SMILES string of the molecule is Cc1ccc(-c2ccnc(N3CCCC4(CCc5cnc(C)nc54)C3)n2)c(C)n1. The zero-order chi connectivity index (χ0) is 20.0. The van der Waals surface area contributed by atoms with Gasteiger partial charge in [0.15, 0.2) is 0 Å². The van der Waals surface area contributed by atoms with Crippen LogP contribution in [0.5, 0.6) is 0 Å². The minimum atomic E-state index is 0.0992. The average Bonchev–Trinajstić information content (AvgIpc) is 3.05. The van der Waals surface area contributed by atoms with Crippen molar-refractivity contribution in [3.63, 3.8) is 0 Å². The van der Waals surface area contributed by atoms with E-state index in [0.29, 0.717) is 0 Å². The molecular formula is C23H26N6. The molecule has 1 spiro atoms. The number of rotatable bonds is 2. The summed E-state index contributed by atoms with van der Waals surface area (Å²) in [5, 5.41) is 0. The van der Waals surface area contributed by atoms with Crippen LogP contribution in [-0.2, 0) is 11.8 Å². The van der Waals surface area contributed by atoms with E-state index in [2.05, 4.69) is 25.9 Å². The number of anilines is 1. The molecule has 5 rings (SSSR count). The monoisotopic (exact) mass is 386 g/mol. The largest absolute Gasteiger partial charge is 0.340 e.